The average molecular weight is 453 g/mol. The summed E-state index contributed by atoms with van der Waals surface area (Å²) >= 11 is 0. The van der Waals surface area contributed by atoms with Gasteiger partial charge in [-0.3, -0.25) is 24.1 Å². The average Bonchev–Trinajstić information content (AvgIpc) is 3.28. The number of amides is 3. The van der Waals surface area contributed by atoms with Gasteiger partial charge in [-0.15, -0.1) is 0 Å². The number of likely N-dealkylation sites (N-methyl/N-ethyl adjacent to an activating group) is 1. The summed E-state index contributed by atoms with van der Waals surface area (Å²) in [4.78, 5) is 47.1. The van der Waals surface area contributed by atoms with Gasteiger partial charge in [0, 0.05) is 38.9 Å². The molecule has 3 unspecified atom stereocenters. The van der Waals surface area contributed by atoms with Crippen molar-refractivity contribution in [3.8, 4) is 5.75 Å². The zero-order valence-electron chi connectivity index (χ0n) is 19.1. The molecule has 2 fully saturated rings. The van der Waals surface area contributed by atoms with Gasteiger partial charge >= 0.3 is 0 Å². The number of benzene rings is 2. The molecule has 9 heteroatoms. The molecule has 9 nitrogen and oxygen atoms in total. The molecule has 174 valence electrons. The summed E-state index contributed by atoms with van der Waals surface area (Å²) in [7, 11) is 6.92. The summed E-state index contributed by atoms with van der Waals surface area (Å²) in [5.41, 5.74) is 2.65. The van der Waals surface area contributed by atoms with Gasteiger partial charge < -0.3 is 15.0 Å². The number of carbonyl (C=O) groups excluding carboxylic acids is 3. The number of para-hydroxylation sites is 1. The fourth-order valence-electron chi connectivity index (χ4n) is 4.33. The number of likely N-dealkylation sites (tertiary alicyclic amines) is 1. The predicted octanol–water partition coefficient (Wildman–Crippen LogP) is 1.35. The SMILES string of the molecule is COc1ccccc1CNC(=O)CN1OC2C(=O)N(C)C(=O)C2C1c1ccc(N(C)C)cc1. The van der Waals surface area contributed by atoms with Crippen molar-refractivity contribution in [1.82, 2.24) is 15.3 Å². The van der Waals surface area contributed by atoms with Crippen LogP contribution < -0.4 is 15.0 Å². The Morgan fingerprint density at radius 3 is 2.45 bits per heavy atom. The molecule has 33 heavy (non-hydrogen) atoms. The van der Waals surface area contributed by atoms with Gasteiger partial charge in [-0.25, -0.2) is 0 Å². The molecule has 3 atom stereocenters. The van der Waals surface area contributed by atoms with E-state index in [-0.39, 0.29) is 24.9 Å². The fraction of sp³-hybridized carbons (Fsp3) is 0.375. The van der Waals surface area contributed by atoms with Crippen molar-refractivity contribution in [3.63, 3.8) is 0 Å². The van der Waals surface area contributed by atoms with Crippen LogP contribution in [0.3, 0.4) is 0 Å². The van der Waals surface area contributed by atoms with Crippen molar-refractivity contribution in [1.29, 1.82) is 0 Å². The maximum Gasteiger partial charge on any atom is 0.261 e. The van der Waals surface area contributed by atoms with Crippen molar-refractivity contribution in [2.75, 3.05) is 39.7 Å². The molecule has 2 aliphatic heterocycles. The highest BCUT2D eigenvalue weighted by Crippen LogP contribution is 2.44. The highest BCUT2D eigenvalue weighted by Gasteiger charge is 2.58. The number of hydroxylamine groups is 2. The fourth-order valence-corrected chi connectivity index (χ4v) is 4.33. The van der Waals surface area contributed by atoms with E-state index in [1.165, 1.54) is 12.1 Å². The Morgan fingerprint density at radius 2 is 1.79 bits per heavy atom. The van der Waals surface area contributed by atoms with E-state index >= 15 is 0 Å². The lowest BCUT2D eigenvalue weighted by atomic mass is 9.90. The summed E-state index contributed by atoms with van der Waals surface area (Å²) in [6.07, 6.45) is -0.928. The van der Waals surface area contributed by atoms with Crippen LogP contribution in [0, 0.1) is 5.92 Å². The molecule has 4 rings (SSSR count). The van der Waals surface area contributed by atoms with E-state index in [1.54, 1.807) is 7.11 Å². The lowest BCUT2D eigenvalue weighted by Gasteiger charge is -2.26. The smallest absolute Gasteiger partial charge is 0.261 e. The van der Waals surface area contributed by atoms with Gasteiger partial charge in [0.2, 0.25) is 11.8 Å². The van der Waals surface area contributed by atoms with E-state index < -0.39 is 24.0 Å². The number of ether oxygens (including phenoxy) is 1. The number of nitrogens with zero attached hydrogens (tertiary/aromatic N) is 3. The number of anilines is 1. The van der Waals surface area contributed by atoms with Crippen LogP contribution in [0.5, 0.6) is 5.75 Å². The van der Waals surface area contributed by atoms with E-state index in [4.69, 9.17) is 9.57 Å². The summed E-state index contributed by atoms with van der Waals surface area (Å²) in [6.45, 7) is 0.166. The zero-order valence-corrected chi connectivity index (χ0v) is 19.1. The van der Waals surface area contributed by atoms with E-state index in [2.05, 4.69) is 5.32 Å². The van der Waals surface area contributed by atoms with Crippen molar-refractivity contribution in [2.45, 2.75) is 18.7 Å². The number of fused-ring (bicyclic) bond motifs is 1. The molecular formula is C24H28N4O5. The zero-order chi connectivity index (χ0) is 23.7. The van der Waals surface area contributed by atoms with Crippen LogP contribution in [0.1, 0.15) is 17.2 Å². The minimum Gasteiger partial charge on any atom is -0.496 e. The first kappa shape index (κ1) is 22.8. The van der Waals surface area contributed by atoms with Gasteiger partial charge in [0.15, 0.2) is 6.10 Å². The minimum atomic E-state index is -0.928. The Labute approximate surface area is 192 Å². The van der Waals surface area contributed by atoms with Crippen molar-refractivity contribution in [2.24, 2.45) is 5.92 Å². The molecular weight excluding hydrogens is 424 g/mol. The molecule has 0 aromatic heterocycles. The van der Waals surface area contributed by atoms with E-state index in [0.29, 0.717) is 5.75 Å². The number of nitrogens with one attached hydrogen (secondary N) is 1. The molecule has 3 amide bonds. The Hall–Kier alpha value is -3.43. The third kappa shape index (κ3) is 4.29. The molecule has 0 spiro atoms. The van der Waals surface area contributed by atoms with Gasteiger partial charge in [0.25, 0.3) is 5.91 Å². The third-order valence-electron chi connectivity index (χ3n) is 6.13. The van der Waals surface area contributed by atoms with Crippen molar-refractivity contribution >= 4 is 23.4 Å². The molecule has 2 saturated heterocycles. The molecule has 2 aliphatic rings. The second-order valence-corrected chi connectivity index (χ2v) is 8.38. The Kier molecular flexibility index (Phi) is 6.35. The standard InChI is InChI=1S/C24H28N4O5/c1-26(2)17-11-9-15(10-12-17)21-20-22(24(31)27(3)23(20)30)33-28(21)14-19(29)25-13-16-7-5-6-8-18(16)32-4/h5-12,20-22H,13-14H2,1-4H3,(H,25,29). The summed E-state index contributed by atoms with van der Waals surface area (Å²) in [5.74, 6) is -0.998. The lowest BCUT2D eigenvalue weighted by molar-refractivity contribution is -0.181. The van der Waals surface area contributed by atoms with Crippen LogP contribution in [0.4, 0.5) is 5.69 Å². The van der Waals surface area contributed by atoms with Crippen LogP contribution in [0.15, 0.2) is 48.5 Å². The molecule has 2 heterocycles. The number of rotatable bonds is 7. The number of carbonyl (C=O) groups is 3. The van der Waals surface area contributed by atoms with E-state index in [9.17, 15) is 14.4 Å². The van der Waals surface area contributed by atoms with Gasteiger partial charge in [-0.05, 0) is 23.8 Å². The first-order valence-electron chi connectivity index (χ1n) is 10.7. The number of methoxy groups -OCH3 is 1. The monoisotopic (exact) mass is 452 g/mol. The Bertz CT molecular complexity index is 1060. The van der Waals surface area contributed by atoms with Gasteiger partial charge in [-0.2, -0.15) is 5.06 Å². The van der Waals surface area contributed by atoms with Gasteiger partial charge in [0.05, 0.1) is 19.1 Å². The number of hydrogen-bond donors (Lipinski definition) is 1. The van der Waals surface area contributed by atoms with Gasteiger partial charge in [0.1, 0.15) is 12.3 Å². The maximum atomic E-state index is 12.8. The quantitative estimate of drug-likeness (QED) is 0.634. The first-order chi connectivity index (χ1) is 15.8. The largest absolute Gasteiger partial charge is 0.496 e. The predicted molar refractivity (Wildman–Crippen MR) is 121 cm³/mol. The molecule has 0 bridgehead atoms. The van der Waals surface area contributed by atoms with Crippen LogP contribution in [-0.2, 0) is 25.8 Å². The van der Waals surface area contributed by atoms with E-state index in [1.807, 2.05) is 67.5 Å². The summed E-state index contributed by atoms with van der Waals surface area (Å²) in [5, 5.41) is 4.32. The first-order valence-corrected chi connectivity index (χ1v) is 10.7. The molecule has 0 saturated carbocycles. The second-order valence-electron chi connectivity index (χ2n) is 8.38. The van der Waals surface area contributed by atoms with Gasteiger partial charge in [-0.1, -0.05) is 30.3 Å². The van der Waals surface area contributed by atoms with Crippen LogP contribution in [-0.4, -0.2) is 68.6 Å². The number of imide groups is 1. The highest BCUT2D eigenvalue weighted by atomic mass is 16.7. The van der Waals surface area contributed by atoms with Crippen LogP contribution in [0.25, 0.3) is 0 Å². The van der Waals surface area contributed by atoms with Crippen LogP contribution in [0.2, 0.25) is 0 Å². The van der Waals surface area contributed by atoms with E-state index in [0.717, 1.165) is 21.7 Å². The minimum absolute atomic E-state index is 0.119. The third-order valence-corrected chi connectivity index (χ3v) is 6.13. The Balaban J connectivity index is 1.53. The second kappa shape index (κ2) is 9.21. The molecule has 2 aromatic carbocycles. The molecule has 0 radical (unpaired) electrons. The Morgan fingerprint density at radius 1 is 1.09 bits per heavy atom. The van der Waals surface area contributed by atoms with Crippen molar-refractivity contribution in [3.05, 3.63) is 59.7 Å². The number of hydrogen-bond acceptors (Lipinski definition) is 7. The lowest BCUT2D eigenvalue weighted by Crippen LogP contribution is -2.40. The normalized spacial score (nSPS) is 22.4. The molecule has 2 aromatic rings. The molecule has 0 aliphatic carbocycles. The topological polar surface area (TPSA) is 91.4 Å². The highest BCUT2D eigenvalue weighted by molar-refractivity contribution is 6.07. The summed E-state index contributed by atoms with van der Waals surface area (Å²) < 4.78 is 5.33. The van der Waals surface area contributed by atoms with Crippen LogP contribution >= 0.6 is 0 Å². The van der Waals surface area contributed by atoms with Crippen molar-refractivity contribution < 1.29 is 24.0 Å². The molecule has 1 N–H and O–H groups in total. The maximum absolute atomic E-state index is 12.8. The summed E-state index contributed by atoms with van der Waals surface area (Å²) in [6, 6.07) is 14.6.